The highest BCUT2D eigenvalue weighted by Gasteiger charge is 2.04. The van der Waals surface area contributed by atoms with Gasteiger partial charge in [0, 0.05) is 0 Å². The average Bonchev–Trinajstić information content (AvgIpc) is 2.55. The van der Waals surface area contributed by atoms with E-state index in [9.17, 15) is 9.59 Å². The Morgan fingerprint density at radius 2 is 1.32 bits per heavy atom. The molecule has 0 fully saturated rings. The first-order valence-corrected chi connectivity index (χ1v) is 7.11. The lowest BCUT2D eigenvalue weighted by Gasteiger charge is -1.98. The molecule has 0 aliphatic carbocycles. The van der Waals surface area contributed by atoms with Crippen LogP contribution in [0.25, 0.3) is 11.1 Å². The fourth-order valence-electron chi connectivity index (χ4n) is 1.70. The van der Waals surface area contributed by atoms with E-state index in [1.807, 2.05) is 12.1 Å². The molecular weight excluding hydrogens is 280 g/mol. The maximum Gasteiger partial charge on any atom is 0.306 e. The lowest BCUT2D eigenvalue weighted by atomic mass is 10.1. The molecule has 0 saturated carbocycles. The first kappa shape index (κ1) is 17.4. The number of rotatable bonds is 5. The number of carboxylic acids is 1. The van der Waals surface area contributed by atoms with Gasteiger partial charge < -0.3 is 9.84 Å². The molecule has 0 aliphatic heterocycles. The second-order valence-corrected chi connectivity index (χ2v) is 4.43. The summed E-state index contributed by atoms with van der Waals surface area (Å²) in [5, 5.41) is 8.12. The number of hydrogen-bond acceptors (Lipinski definition) is 3. The number of esters is 1. The van der Waals surface area contributed by atoms with Crippen LogP contribution < -0.4 is 0 Å². The number of carbonyl (C=O) groups is 2. The molecule has 0 aliphatic rings. The Balaban J connectivity index is 0.000000225. The zero-order valence-corrected chi connectivity index (χ0v) is 12.6. The van der Waals surface area contributed by atoms with E-state index in [4.69, 9.17) is 5.11 Å². The van der Waals surface area contributed by atoms with Crippen molar-refractivity contribution in [3.63, 3.8) is 0 Å². The highest BCUT2D eigenvalue weighted by Crippen LogP contribution is 2.17. The maximum absolute atomic E-state index is 10.5. The molecule has 0 amide bonds. The predicted octanol–water partition coefficient (Wildman–Crippen LogP) is 3.77. The molecule has 1 N–H and O–H groups in total. The van der Waals surface area contributed by atoms with Gasteiger partial charge in [-0.1, -0.05) is 60.7 Å². The zero-order valence-electron chi connectivity index (χ0n) is 12.6. The molecule has 2 rings (SSSR count). The van der Waals surface area contributed by atoms with Gasteiger partial charge in [0.25, 0.3) is 0 Å². The van der Waals surface area contributed by atoms with E-state index in [-0.39, 0.29) is 12.8 Å². The van der Waals surface area contributed by atoms with Gasteiger partial charge >= 0.3 is 11.9 Å². The van der Waals surface area contributed by atoms with Crippen LogP contribution in [0, 0.1) is 0 Å². The first-order chi connectivity index (χ1) is 10.6. The Morgan fingerprint density at radius 1 is 0.864 bits per heavy atom. The Labute approximate surface area is 130 Å². The van der Waals surface area contributed by atoms with Crippen molar-refractivity contribution in [1.29, 1.82) is 0 Å². The van der Waals surface area contributed by atoms with Crippen LogP contribution in [0.1, 0.15) is 19.8 Å². The molecule has 4 nitrogen and oxygen atoms in total. The molecule has 4 heteroatoms. The van der Waals surface area contributed by atoms with Gasteiger partial charge in [-0.25, -0.2) is 0 Å². The van der Waals surface area contributed by atoms with Crippen LogP contribution >= 0.6 is 0 Å². The molecule has 0 saturated heterocycles. The molecule has 0 heterocycles. The average molecular weight is 300 g/mol. The largest absolute Gasteiger partial charge is 0.481 e. The lowest BCUT2D eigenvalue weighted by molar-refractivity contribution is -0.147. The lowest BCUT2D eigenvalue weighted by Crippen LogP contribution is -2.06. The minimum Gasteiger partial charge on any atom is -0.481 e. The van der Waals surface area contributed by atoms with Crippen molar-refractivity contribution >= 4 is 11.9 Å². The van der Waals surface area contributed by atoms with Crippen molar-refractivity contribution in [2.24, 2.45) is 0 Å². The molecule has 0 radical (unpaired) electrons. The van der Waals surface area contributed by atoms with E-state index in [2.05, 4.69) is 53.3 Å². The van der Waals surface area contributed by atoms with Crippen molar-refractivity contribution in [3.8, 4) is 11.1 Å². The van der Waals surface area contributed by atoms with Gasteiger partial charge in [-0.15, -0.1) is 0 Å². The number of hydrogen-bond donors (Lipinski definition) is 1. The highest BCUT2D eigenvalue weighted by molar-refractivity contribution is 5.76. The Bertz CT molecular complexity index is 527. The third-order valence-electron chi connectivity index (χ3n) is 2.73. The van der Waals surface area contributed by atoms with E-state index in [1.165, 1.54) is 11.1 Å². The van der Waals surface area contributed by atoms with Crippen LogP contribution in [0.4, 0.5) is 0 Å². The minimum absolute atomic E-state index is 0.0385. The number of ether oxygens (including phenoxy) is 1. The van der Waals surface area contributed by atoms with Crippen molar-refractivity contribution in [2.75, 3.05) is 6.61 Å². The van der Waals surface area contributed by atoms with Gasteiger partial charge in [-0.3, -0.25) is 9.59 Å². The number of carbonyl (C=O) groups excluding carboxylic acids is 1. The molecule has 2 aromatic carbocycles. The normalized spacial score (nSPS) is 9.32. The first-order valence-electron chi connectivity index (χ1n) is 7.11. The Hall–Kier alpha value is -2.62. The van der Waals surface area contributed by atoms with Gasteiger partial charge in [0.15, 0.2) is 0 Å². The molecule has 0 spiro atoms. The monoisotopic (exact) mass is 300 g/mol. The summed E-state index contributed by atoms with van der Waals surface area (Å²) in [5.74, 6) is -1.43. The van der Waals surface area contributed by atoms with Crippen LogP contribution in [-0.2, 0) is 14.3 Å². The maximum atomic E-state index is 10.5. The predicted molar refractivity (Wildman–Crippen MR) is 85.4 cm³/mol. The summed E-state index contributed by atoms with van der Waals surface area (Å²) in [6.45, 7) is 1.98. The molecular formula is C18H20O4. The quantitative estimate of drug-likeness (QED) is 0.854. The van der Waals surface area contributed by atoms with Crippen LogP contribution in [0.15, 0.2) is 60.7 Å². The van der Waals surface area contributed by atoms with Crippen molar-refractivity contribution in [3.05, 3.63) is 60.7 Å². The molecule has 0 aromatic heterocycles. The zero-order chi connectivity index (χ0) is 16.2. The Kier molecular flexibility index (Phi) is 8.05. The van der Waals surface area contributed by atoms with Crippen LogP contribution in [0.5, 0.6) is 0 Å². The number of aliphatic carboxylic acids is 1. The third-order valence-corrected chi connectivity index (χ3v) is 2.73. The van der Waals surface area contributed by atoms with E-state index in [0.717, 1.165) is 0 Å². The summed E-state index contributed by atoms with van der Waals surface area (Å²) >= 11 is 0. The van der Waals surface area contributed by atoms with Crippen molar-refractivity contribution in [1.82, 2.24) is 0 Å². The van der Waals surface area contributed by atoms with E-state index < -0.39 is 11.9 Å². The van der Waals surface area contributed by atoms with Crippen LogP contribution in [0.2, 0.25) is 0 Å². The smallest absolute Gasteiger partial charge is 0.306 e. The fourth-order valence-corrected chi connectivity index (χ4v) is 1.70. The second-order valence-electron chi connectivity index (χ2n) is 4.43. The van der Waals surface area contributed by atoms with Gasteiger partial charge in [0.1, 0.15) is 0 Å². The van der Waals surface area contributed by atoms with E-state index in [1.54, 1.807) is 6.92 Å². The summed E-state index contributed by atoms with van der Waals surface area (Å²) < 4.78 is 4.49. The third kappa shape index (κ3) is 7.24. The van der Waals surface area contributed by atoms with Crippen molar-refractivity contribution < 1.29 is 19.4 Å². The summed E-state index contributed by atoms with van der Waals surface area (Å²) in [5.41, 5.74) is 2.55. The minimum atomic E-state index is -0.979. The summed E-state index contributed by atoms with van der Waals surface area (Å²) in [7, 11) is 0. The van der Waals surface area contributed by atoms with Gasteiger partial charge in [-0.05, 0) is 18.1 Å². The highest BCUT2D eigenvalue weighted by atomic mass is 16.5. The summed E-state index contributed by atoms with van der Waals surface area (Å²) in [6, 6.07) is 20.8. The van der Waals surface area contributed by atoms with Crippen molar-refractivity contribution in [2.45, 2.75) is 19.8 Å². The second kappa shape index (κ2) is 10.2. The van der Waals surface area contributed by atoms with Gasteiger partial charge in [0.05, 0.1) is 19.4 Å². The topological polar surface area (TPSA) is 63.6 Å². The van der Waals surface area contributed by atoms with Crippen LogP contribution in [-0.4, -0.2) is 23.7 Å². The molecule has 22 heavy (non-hydrogen) atoms. The summed E-state index contributed by atoms with van der Waals surface area (Å²) in [6.07, 6.45) is -0.192. The molecule has 0 atom stereocenters. The molecule has 116 valence electrons. The standard InChI is InChI=1S/C12H10.C6H10O4/c1-3-7-11(8-4-1)12-9-5-2-6-10-12;1-2-10-6(9)4-3-5(7)8/h1-10H;2-4H2,1H3,(H,7,8). The molecule has 0 bridgehead atoms. The number of carboxylic acid groups (broad SMARTS) is 1. The van der Waals surface area contributed by atoms with Crippen LogP contribution in [0.3, 0.4) is 0 Å². The van der Waals surface area contributed by atoms with E-state index in [0.29, 0.717) is 6.61 Å². The fraction of sp³-hybridized carbons (Fsp3) is 0.222. The van der Waals surface area contributed by atoms with Gasteiger partial charge in [-0.2, -0.15) is 0 Å². The SMILES string of the molecule is CCOC(=O)CCC(=O)O.c1ccc(-c2ccccc2)cc1. The Morgan fingerprint density at radius 3 is 1.68 bits per heavy atom. The summed E-state index contributed by atoms with van der Waals surface area (Å²) in [4.78, 5) is 20.4. The number of benzene rings is 2. The van der Waals surface area contributed by atoms with Gasteiger partial charge in [0.2, 0.25) is 0 Å². The molecule has 2 aromatic rings. The van der Waals surface area contributed by atoms with E-state index >= 15 is 0 Å². The molecule has 0 unspecified atom stereocenters.